The number of carbonyl (C=O) groups excluding carboxylic acids is 3. The van der Waals surface area contributed by atoms with Crippen molar-refractivity contribution in [1.82, 2.24) is 20.9 Å². The molecule has 9 N–H and O–H groups in total. The zero-order valence-electron chi connectivity index (χ0n) is 20.6. The highest BCUT2D eigenvalue weighted by Crippen LogP contribution is 2.19. The molecule has 0 radical (unpaired) electrons. The minimum atomic E-state index is -1.63. The molecule has 0 bridgehead atoms. The second-order valence-corrected chi connectivity index (χ2v) is 8.78. The summed E-state index contributed by atoms with van der Waals surface area (Å²) in [4.78, 5) is 64.3. The van der Waals surface area contributed by atoms with Gasteiger partial charge in [-0.2, -0.15) is 0 Å². The average molecular weight is 520 g/mol. The van der Waals surface area contributed by atoms with Crippen molar-refractivity contribution in [3.8, 4) is 0 Å². The number of fused-ring (bicyclic) bond motifs is 1. The fourth-order valence-corrected chi connectivity index (χ4v) is 3.62. The van der Waals surface area contributed by atoms with E-state index in [4.69, 9.17) is 5.73 Å². The number of benzene rings is 1. The van der Waals surface area contributed by atoms with E-state index in [1.807, 2.05) is 6.92 Å². The number of nitrogens with one attached hydrogen (secondary N) is 4. The number of carboxylic acids is 2. The van der Waals surface area contributed by atoms with Crippen molar-refractivity contribution in [2.24, 2.45) is 11.7 Å². The van der Waals surface area contributed by atoms with Gasteiger partial charge in [0.15, 0.2) is 0 Å². The molecule has 13 nitrogen and oxygen atoms in total. The van der Waals surface area contributed by atoms with Gasteiger partial charge in [-0.25, -0.2) is 4.79 Å². The topological polar surface area (TPSA) is 224 Å². The molecule has 1 heterocycles. The molecule has 2 rings (SSSR count). The van der Waals surface area contributed by atoms with Gasteiger partial charge in [0, 0.05) is 23.5 Å². The van der Waals surface area contributed by atoms with Crippen LogP contribution in [0.5, 0.6) is 0 Å². The Morgan fingerprint density at radius 3 is 2.14 bits per heavy atom. The maximum absolute atomic E-state index is 13.1. The summed E-state index contributed by atoms with van der Waals surface area (Å²) in [6.07, 6.45) is 1.33. The number of amides is 3. The third-order valence-corrected chi connectivity index (χ3v) is 6.10. The Kier molecular flexibility index (Phi) is 10.6. The molecule has 1 aromatic heterocycles. The highest BCUT2D eigenvalue weighted by molar-refractivity contribution is 5.96. The number of aliphatic hydroxyl groups is 1. The molecular formula is C24H33N5O8. The van der Waals surface area contributed by atoms with Crippen molar-refractivity contribution < 1.29 is 39.3 Å². The van der Waals surface area contributed by atoms with Gasteiger partial charge in [-0.3, -0.25) is 19.2 Å². The number of hydrogen-bond donors (Lipinski definition) is 8. The third kappa shape index (κ3) is 8.02. The summed E-state index contributed by atoms with van der Waals surface area (Å²) in [6.45, 7) is 2.67. The van der Waals surface area contributed by atoms with E-state index < -0.39 is 66.9 Å². The monoisotopic (exact) mass is 519 g/mol. The number of aliphatic hydroxyl groups excluding tert-OH is 1. The second-order valence-electron chi connectivity index (χ2n) is 8.78. The van der Waals surface area contributed by atoms with Gasteiger partial charge >= 0.3 is 11.9 Å². The summed E-state index contributed by atoms with van der Waals surface area (Å²) in [5.41, 5.74) is 7.28. The van der Waals surface area contributed by atoms with Gasteiger partial charge in [0.05, 0.1) is 19.1 Å². The van der Waals surface area contributed by atoms with Gasteiger partial charge < -0.3 is 42.0 Å². The fraction of sp³-hybridized carbons (Fsp3) is 0.458. The number of aliphatic carboxylic acids is 2. The van der Waals surface area contributed by atoms with Gasteiger partial charge in [0.1, 0.15) is 18.1 Å². The Balaban J connectivity index is 2.31. The number of H-pyrrole nitrogens is 1. The van der Waals surface area contributed by atoms with E-state index in [1.54, 1.807) is 37.4 Å². The highest BCUT2D eigenvalue weighted by Gasteiger charge is 2.32. The zero-order chi connectivity index (χ0) is 27.7. The molecule has 1 aromatic carbocycles. The number of nitrogens with two attached hydrogens (primary N) is 1. The molecule has 0 saturated heterocycles. The molecule has 13 heteroatoms. The van der Waals surface area contributed by atoms with Crippen LogP contribution in [0.25, 0.3) is 10.9 Å². The number of aromatic amines is 1. The predicted molar refractivity (Wildman–Crippen MR) is 132 cm³/mol. The molecular weight excluding hydrogens is 486 g/mol. The quantitative estimate of drug-likeness (QED) is 0.154. The molecule has 0 aliphatic carbocycles. The van der Waals surface area contributed by atoms with Crippen LogP contribution in [0.4, 0.5) is 0 Å². The van der Waals surface area contributed by atoms with Crippen molar-refractivity contribution in [3.05, 3.63) is 36.0 Å². The number of rotatable bonds is 14. The molecule has 0 saturated carbocycles. The van der Waals surface area contributed by atoms with Crippen LogP contribution < -0.4 is 21.7 Å². The number of aromatic nitrogens is 1. The second kappa shape index (κ2) is 13.4. The normalized spacial score (nSPS) is 15.1. The predicted octanol–water partition coefficient (Wildman–Crippen LogP) is -0.910. The van der Waals surface area contributed by atoms with Crippen LogP contribution in [0.1, 0.15) is 32.3 Å². The lowest BCUT2D eigenvalue weighted by molar-refractivity contribution is -0.144. The van der Waals surface area contributed by atoms with Gasteiger partial charge in [-0.1, -0.05) is 38.5 Å². The molecule has 5 unspecified atom stereocenters. The summed E-state index contributed by atoms with van der Waals surface area (Å²) in [5, 5.41) is 35.4. The van der Waals surface area contributed by atoms with Crippen molar-refractivity contribution in [3.63, 3.8) is 0 Å². The third-order valence-electron chi connectivity index (χ3n) is 6.10. The minimum absolute atomic E-state index is 0.0977. The van der Waals surface area contributed by atoms with E-state index in [0.717, 1.165) is 10.9 Å². The summed E-state index contributed by atoms with van der Waals surface area (Å²) in [5.74, 6) is -5.70. The molecule has 0 aliphatic rings. The number of para-hydroxylation sites is 1. The Bertz CT molecular complexity index is 1130. The minimum Gasteiger partial charge on any atom is -0.481 e. The zero-order valence-corrected chi connectivity index (χ0v) is 20.6. The van der Waals surface area contributed by atoms with Crippen LogP contribution in [-0.2, 0) is 30.4 Å². The summed E-state index contributed by atoms with van der Waals surface area (Å²) >= 11 is 0. The lowest BCUT2D eigenvalue weighted by atomic mass is 9.98. The summed E-state index contributed by atoms with van der Waals surface area (Å²) in [7, 11) is 0. The smallest absolute Gasteiger partial charge is 0.328 e. The Morgan fingerprint density at radius 1 is 0.946 bits per heavy atom. The molecule has 0 aliphatic heterocycles. The molecule has 2 aromatic rings. The first-order chi connectivity index (χ1) is 17.5. The molecule has 3 amide bonds. The first kappa shape index (κ1) is 29.3. The number of carboxylic acid groups (broad SMARTS) is 2. The van der Waals surface area contributed by atoms with Crippen molar-refractivity contribution in [2.45, 2.75) is 57.3 Å². The molecule has 5 atom stereocenters. The van der Waals surface area contributed by atoms with E-state index in [-0.39, 0.29) is 12.3 Å². The van der Waals surface area contributed by atoms with Crippen LogP contribution in [0, 0.1) is 5.92 Å². The average Bonchev–Trinajstić information content (AvgIpc) is 3.27. The van der Waals surface area contributed by atoms with Crippen molar-refractivity contribution in [1.29, 1.82) is 0 Å². The van der Waals surface area contributed by atoms with Crippen LogP contribution in [-0.4, -0.2) is 80.7 Å². The van der Waals surface area contributed by atoms with Crippen LogP contribution in [0.3, 0.4) is 0 Å². The van der Waals surface area contributed by atoms with Gasteiger partial charge in [0.25, 0.3) is 0 Å². The molecule has 202 valence electrons. The maximum Gasteiger partial charge on any atom is 0.328 e. The van der Waals surface area contributed by atoms with Crippen LogP contribution in [0.2, 0.25) is 0 Å². The van der Waals surface area contributed by atoms with E-state index in [9.17, 15) is 39.3 Å². The van der Waals surface area contributed by atoms with Gasteiger partial charge in [-0.15, -0.1) is 0 Å². The van der Waals surface area contributed by atoms with Crippen molar-refractivity contribution in [2.75, 3.05) is 6.61 Å². The summed E-state index contributed by atoms with van der Waals surface area (Å²) in [6, 6.07) is 1.64. The first-order valence-electron chi connectivity index (χ1n) is 11.8. The van der Waals surface area contributed by atoms with E-state index in [1.165, 1.54) is 0 Å². The SMILES string of the molecule is CCC(C)C(N)C(=O)NC(CC(=O)O)C(=O)NC(Cc1c[nH]c2ccccc12)C(=O)NC(CO)C(=O)O. The Hall–Kier alpha value is -3.97. The first-order valence-corrected chi connectivity index (χ1v) is 11.8. The standard InChI is InChI=1S/C24H33N5O8/c1-3-12(2)20(25)23(35)28-17(9-19(31)32)22(34)27-16(21(33)29-18(11-30)24(36)37)8-13-10-26-15-7-5-4-6-14(13)15/h4-7,10,12,16-18,20,26,30H,3,8-9,11,25H2,1-2H3,(H,27,34)(H,28,35)(H,29,33)(H,31,32)(H,36,37). The van der Waals surface area contributed by atoms with Gasteiger partial charge in [0.2, 0.25) is 17.7 Å². The van der Waals surface area contributed by atoms with Crippen molar-refractivity contribution >= 4 is 40.6 Å². The fourth-order valence-electron chi connectivity index (χ4n) is 3.62. The van der Waals surface area contributed by atoms with Gasteiger partial charge in [-0.05, 0) is 17.5 Å². The molecule has 0 fully saturated rings. The van der Waals surface area contributed by atoms with E-state index in [0.29, 0.717) is 12.0 Å². The lowest BCUT2D eigenvalue weighted by Gasteiger charge is -2.25. The van der Waals surface area contributed by atoms with Crippen LogP contribution >= 0.6 is 0 Å². The Labute approximate surface area is 212 Å². The van der Waals surface area contributed by atoms with Crippen LogP contribution in [0.15, 0.2) is 30.5 Å². The Morgan fingerprint density at radius 2 is 1.54 bits per heavy atom. The van der Waals surface area contributed by atoms with E-state index >= 15 is 0 Å². The lowest BCUT2D eigenvalue weighted by Crippen LogP contribution is -2.58. The molecule has 37 heavy (non-hydrogen) atoms. The maximum atomic E-state index is 13.1. The summed E-state index contributed by atoms with van der Waals surface area (Å²) < 4.78 is 0. The van der Waals surface area contributed by atoms with E-state index in [2.05, 4.69) is 20.9 Å². The number of carbonyl (C=O) groups is 5. The highest BCUT2D eigenvalue weighted by atomic mass is 16.4. The number of hydrogen-bond acceptors (Lipinski definition) is 7. The largest absolute Gasteiger partial charge is 0.481 e. The molecule has 0 spiro atoms.